The van der Waals surface area contributed by atoms with Crippen LogP contribution in [0.3, 0.4) is 0 Å². The molecule has 0 spiro atoms. The lowest BCUT2D eigenvalue weighted by Crippen LogP contribution is -2.62. The molecule has 0 aromatic heterocycles. The summed E-state index contributed by atoms with van der Waals surface area (Å²) in [4.78, 5) is 0. The maximum atomic E-state index is 12.2. The Kier molecular flexibility index (Phi) is 3.96. The predicted molar refractivity (Wildman–Crippen MR) is 106 cm³/mol. The third-order valence-electron chi connectivity index (χ3n) is 10.0. The van der Waals surface area contributed by atoms with Gasteiger partial charge in [0.2, 0.25) is 0 Å². The van der Waals surface area contributed by atoms with E-state index in [1.807, 2.05) is 0 Å². The van der Waals surface area contributed by atoms with Crippen LogP contribution < -0.4 is 0 Å². The van der Waals surface area contributed by atoms with Gasteiger partial charge < -0.3 is 14.9 Å². The summed E-state index contributed by atoms with van der Waals surface area (Å²) in [5.41, 5.74) is 1.08. The third-order valence-corrected chi connectivity index (χ3v) is 10.0. The molecule has 1 heterocycles. The van der Waals surface area contributed by atoms with Crippen molar-refractivity contribution in [3.05, 3.63) is 24.0 Å². The fourth-order valence-electron chi connectivity index (χ4n) is 8.46. The highest BCUT2D eigenvalue weighted by Gasteiger charge is 2.67. The number of aliphatic hydroxyl groups is 2. The molecule has 0 aromatic carbocycles. The zero-order chi connectivity index (χ0) is 19.0. The van der Waals surface area contributed by atoms with Gasteiger partial charge in [-0.3, -0.25) is 0 Å². The highest BCUT2D eigenvalue weighted by molar-refractivity contribution is 5.30. The first-order chi connectivity index (χ1) is 12.8. The van der Waals surface area contributed by atoms with Gasteiger partial charge in [-0.05, 0) is 98.5 Å². The summed E-state index contributed by atoms with van der Waals surface area (Å²) in [7, 11) is 0. The molecule has 3 heteroatoms. The highest BCUT2D eigenvalue weighted by atomic mass is 16.5. The first kappa shape index (κ1) is 18.2. The van der Waals surface area contributed by atoms with Gasteiger partial charge in [0.15, 0.2) is 0 Å². The quantitative estimate of drug-likeness (QED) is 0.708. The van der Waals surface area contributed by atoms with Crippen molar-refractivity contribution in [1.82, 2.24) is 0 Å². The van der Waals surface area contributed by atoms with E-state index in [1.165, 1.54) is 18.4 Å². The Morgan fingerprint density at radius 3 is 2.59 bits per heavy atom. The smallest absolute Gasteiger partial charge is 0.112 e. The minimum atomic E-state index is -0.546. The predicted octanol–water partition coefficient (Wildman–Crippen LogP) is 4.59. The lowest BCUT2D eigenvalue weighted by Gasteiger charge is -2.63. The molecule has 2 unspecified atom stereocenters. The van der Waals surface area contributed by atoms with E-state index in [4.69, 9.17) is 4.74 Å². The van der Waals surface area contributed by atoms with Crippen LogP contribution in [0.4, 0.5) is 0 Å². The first-order valence-corrected chi connectivity index (χ1v) is 11.2. The van der Waals surface area contributed by atoms with Crippen LogP contribution in [-0.2, 0) is 4.74 Å². The second kappa shape index (κ2) is 5.86. The summed E-state index contributed by atoms with van der Waals surface area (Å²) in [5.74, 6) is 2.89. The first-order valence-electron chi connectivity index (χ1n) is 11.2. The minimum absolute atomic E-state index is 0.0364. The molecule has 2 N–H and O–H groups in total. The molecule has 4 fully saturated rings. The van der Waals surface area contributed by atoms with Gasteiger partial charge in [0.05, 0.1) is 11.7 Å². The highest BCUT2D eigenvalue weighted by Crippen LogP contribution is 2.69. The van der Waals surface area contributed by atoms with Crippen LogP contribution in [0.5, 0.6) is 0 Å². The van der Waals surface area contributed by atoms with Crippen molar-refractivity contribution in [3.63, 3.8) is 0 Å². The molecule has 0 amide bonds. The van der Waals surface area contributed by atoms with Crippen molar-refractivity contribution in [2.24, 2.45) is 34.5 Å². The Balaban J connectivity index is 1.47. The minimum Gasteiger partial charge on any atom is -0.490 e. The average Bonchev–Trinajstić information content (AvgIpc) is 3.16. The summed E-state index contributed by atoms with van der Waals surface area (Å²) in [6, 6.07) is 0. The van der Waals surface area contributed by atoms with Gasteiger partial charge in [-0.25, -0.2) is 0 Å². The Morgan fingerprint density at radius 1 is 1.04 bits per heavy atom. The van der Waals surface area contributed by atoms with E-state index in [0.29, 0.717) is 35.7 Å². The molecule has 4 saturated carbocycles. The van der Waals surface area contributed by atoms with E-state index in [2.05, 4.69) is 26.5 Å². The summed E-state index contributed by atoms with van der Waals surface area (Å²) in [6.45, 7) is 9.48. The fraction of sp³-hybridized carbons (Fsp3) is 0.833. The summed E-state index contributed by atoms with van der Waals surface area (Å²) in [6.07, 6.45) is 11.8. The largest absolute Gasteiger partial charge is 0.490 e. The second-order valence-corrected chi connectivity index (χ2v) is 10.9. The SMILES string of the molecule is C=C1C=C([C@H]2CC[C@]3(O)C4CC[C@@H]5C[C@@H](O)CC[C@]5(C)C4CC[C@]23C)CO1. The molecule has 3 nitrogen and oxygen atoms in total. The van der Waals surface area contributed by atoms with E-state index in [9.17, 15) is 10.2 Å². The molecule has 5 rings (SSSR count). The molecule has 8 atom stereocenters. The fourth-order valence-corrected chi connectivity index (χ4v) is 8.46. The van der Waals surface area contributed by atoms with Gasteiger partial charge >= 0.3 is 0 Å². The van der Waals surface area contributed by atoms with Gasteiger partial charge in [-0.1, -0.05) is 20.4 Å². The van der Waals surface area contributed by atoms with Crippen molar-refractivity contribution in [3.8, 4) is 0 Å². The molecule has 0 radical (unpaired) electrons. The second-order valence-electron chi connectivity index (χ2n) is 10.9. The van der Waals surface area contributed by atoms with Crippen LogP contribution in [0.25, 0.3) is 0 Å². The maximum Gasteiger partial charge on any atom is 0.112 e. The Bertz CT molecular complexity index is 683. The number of hydrogen-bond acceptors (Lipinski definition) is 3. The molecule has 0 saturated heterocycles. The number of hydrogen-bond donors (Lipinski definition) is 2. The van der Waals surface area contributed by atoms with Crippen molar-refractivity contribution >= 4 is 0 Å². The van der Waals surface area contributed by atoms with Crippen LogP contribution in [0, 0.1) is 34.5 Å². The third kappa shape index (κ3) is 2.34. The normalized spacial score (nSPS) is 54.6. The molecule has 150 valence electrons. The number of fused-ring (bicyclic) bond motifs is 5. The van der Waals surface area contributed by atoms with E-state index < -0.39 is 5.60 Å². The van der Waals surface area contributed by atoms with E-state index in [1.54, 1.807) is 0 Å². The van der Waals surface area contributed by atoms with Crippen LogP contribution >= 0.6 is 0 Å². The lowest BCUT2D eigenvalue weighted by molar-refractivity contribution is -0.208. The van der Waals surface area contributed by atoms with Crippen molar-refractivity contribution in [2.45, 2.75) is 83.3 Å². The molecule has 27 heavy (non-hydrogen) atoms. The maximum absolute atomic E-state index is 12.2. The van der Waals surface area contributed by atoms with Crippen LogP contribution in [-0.4, -0.2) is 28.5 Å². The standard InChI is InChI=1S/C24H36O3/c1-15-12-16(14-27-15)19-8-11-24(26)21-5-4-17-13-18(25)6-9-22(17,2)20(21)7-10-23(19,24)3/h12,17-21,25-26H,1,4-11,13-14H2,2-3H3/t17-,18+,19-,20?,21?,22+,23-,24+/m1/s1. The van der Waals surface area contributed by atoms with Crippen molar-refractivity contribution in [2.75, 3.05) is 6.61 Å². The molecular weight excluding hydrogens is 336 g/mol. The van der Waals surface area contributed by atoms with E-state index in [-0.39, 0.29) is 11.5 Å². The number of aliphatic hydroxyl groups excluding tert-OH is 1. The van der Waals surface area contributed by atoms with Crippen LogP contribution in [0.15, 0.2) is 24.0 Å². The molecule has 1 aliphatic heterocycles. The van der Waals surface area contributed by atoms with Crippen molar-refractivity contribution in [1.29, 1.82) is 0 Å². The van der Waals surface area contributed by atoms with Gasteiger partial charge in [-0.15, -0.1) is 0 Å². The number of rotatable bonds is 1. The molecule has 0 bridgehead atoms. The Morgan fingerprint density at radius 2 is 1.85 bits per heavy atom. The summed E-state index contributed by atoms with van der Waals surface area (Å²) in [5, 5.41) is 22.4. The number of allylic oxidation sites excluding steroid dienone is 1. The average molecular weight is 373 g/mol. The Hall–Kier alpha value is -0.800. The van der Waals surface area contributed by atoms with Gasteiger partial charge in [-0.2, -0.15) is 0 Å². The van der Waals surface area contributed by atoms with Gasteiger partial charge in [0, 0.05) is 5.41 Å². The van der Waals surface area contributed by atoms with E-state index in [0.717, 1.165) is 50.7 Å². The number of ether oxygens (including phenoxy) is 1. The Labute approximate surface area is 163 Å². The molecule has 4 aliphatic carbocycles. The van der Waals surface area contributed by atoms with Crippen LogP contribution in [0.2, 0.25) is 0 Å². The zero-order valence-electron chi connectivity index (χ0n) is 17.0. The summed E-state index contributed by atoms with van der Waals surface area (Å²) < 4.78 is 5.65. The lowest BCUT2D eigenvalue weighted by atomic mass is 9.43. The van der Waals surface area contributed by atoms with E-state index >= 15 is 0 Å². The monoisotopic (exact) mass is 372 g/mol. The van der Waals surface area contributed by atoms with Gasteiger partial charge in [0.1, 0.15) is 12.4 Å². The topological polar surface area (TPSA) is 49.7 Å². The van der Waals surface area contributed by atoms with Crippen LogP contribution in [0.1, 0.15) is 71.6 Å². The molecule has 5 aliphatic rings. The zero-order valence-corrected chi connectivity index (χ0v) is 17.0. The molecule has 0 aromatic rings. The van der Waals surface area contributed by atoms with Gasteiger partial charge in [0.25, 0.3) is 0 Å². The molecular formula is C24H36O3. The summed E-state index contributed by atoms with van der Waals surface area (Å²) >= 11 is 0. The van der Waals surface area contributed by atoms with Crippen molar-refractivity contribution < 1.29 is 14.9 Å².